The fourth-order valence-electron chi connectivity index (χ4n) is 4.09. The molecular formula is C36H78AlO3. The summed E-state index contributed by atoms with van der Waals surface area (Å²) in [4.78, 5) is 0. The maximum atomic E-state index is 5.53. The average Bonchev–Trinajstić information content (AvgIpc) is 2.95. The number of unbranched alkanes of at least 4 members (excludes halogenated alkanes) is 18. The molecule has 3 radical (unpaired) electrons. The van der Waals surface area contributed by atoms with Gasteiger partial charge in [0.05, 0.1) is 0 Å². The molecule has 3 nitrogen and oxygen atoms in total. The van der Waals surface area contributed by atoms with Gasteiger partial charge in [-0.3, -0.25) is 0 Å². The van der Waals surface area contributed by atoms with Crippen molar-refractivity contribution in [2.24, 2.45) is 0 Å². The van der Waals surface area contributed by atoms with E-state index < -0.39 is 0 Å². The molecule has 0 fully saturated rings. The zero-order chi connectivity index (χ0) is 29.3. The Bertz CT molecular complexity index is 273. The quantitative estimate of drug-likeness (QED) is 0.0620. The van der Waals surface area contributed by atoms with E-state index in [1.807, 2.05) is 0 Å². The first-order chi connectivity index (χ1) is 19.2. The first-order valence-corrected chi connectivity index (χ1v) is 18.0. The van der Waals surface area contributed by atoms with E-state index >= 15 is 0 Å². The minimum Gasteiger partial charge on any atom is -0.381 e. The van der Waals surface area contributed by atoms with Crippen LogP contribution in [0, 0.1) is 0 Å². The Labute approximate surface area is 266 Å². The third-order valence-electron chi connectivity index (χ3n) is 6.85. The van der Waals surface area contributed by atoms with Crippen molar-refractivity contribution in [1.29, 1.82) is 0 Å². The zero-order valence-corrected chi connectivity index (χ0v) is 30.2. The van der Waals surface area contributed by atoms with E-state index in [1.54, 1.807) is 0 Å². The van der Waals surface area contributed by atoms with Crippen molar-refractivity contribution < 1.29 is 14.2 Å². The lowest BCUT2D eigenvalue weighted by Crippen LogP contribution is -1.96. The molecule has 0 amide bonds. The summed E-state index contributed by atoms with van der Waals surface area (Å²) in [7, 11) is 0. The van der Waals surface area contributed by atoms with Crippen LogP contribution in [0.3, 0.4) is 0 Å². The maximum Gasteiger partial charge on any atom is 0.0466 e. The normalized spacial score (nSPS) is 10.3. The molecule has 0 saturated carbocycles. The van der Waals surface area contributed by atoms with Crippen molar-refractivity contribution in [2.45, 2.75) is 196 Å². The summed E-state index contributed by atoms with van der Waals surface area (Å²) >= 11 is 0. The summed E-state index contributed by atoms with van der Waals surface area (Å²) in [5, 5.41) is 0. The molecule has 0 spiro atoms. The van der Waals surface area contributed by atoms with Gasteiger partial charge in [0, 0.05) is 57.0 Å². The average molecular weight is 586 g/mol. The Balaban J connectivity index is -0.000000240. The van der Waals surface area contributed by atoms with Crippen LogP contribution in [-0.2, 0) is 14.2 Å². The highest BCUT2D eigenvalue weighted by atomic mass is 27.0. The second-order valence-corrected chi connectivity index (χ2v) is 11.2. The van der Waals surface area contributed by atoms with Crippen LogP contribution in [-0.4, -0.2) is 57.0 Å². The van der Waals surface area contributed by atoms with E-state index in [0.717, 1.165) is 39.6 Å². The van der Waals surface area contributed by atoms with Gasteiger partial charge >= 0.3 is 0 Å². The number of rotatable bonds is 30. The molecule has 40 heavy (non-hydrogen) atoms. The maximum absolute atomic E-state index is 5.53. The summed E-state index contributed by atoms with van der Waals surface area (Å²) < 4.78 is 16.6. The van der Waals surface area contributed by atoms with Gasteiger partial charge in [-0.2, -0.15) is 0 Å². The van der Waals surface area contributed by atoms with Crippen molar-refractivity contribution in [3.05, 3.63) is 0 Å². The fraction of sp³-hybridized carbons (Fsp3) is 1.00. The van der Waals surface area contributed by atoms with E-state index in [-0.39, 0.29) is 17.4 Å². The van der Waals surface area contributed by atoms with Gasteiger partial charge in [-0.25, -0.2) is 0 Å². The summed E-state index contributed by atoms with van der Waals surface area (Å²) in [5.41, 5.74) is 0. The van der Waals surface area contributed by atoms with Gasteiger partial charge in [0.25, 0.3) is 0 Å². The van der Waals surface area contributed by atoms with Crippen LogP contribution in [0.5, 0.6) is 0 Å². The molecule has 0 rings (SSSR count). The summed E-state index contributed by atoms with van der Waals surface area (Å²) in [6.07, 6.45) is 31.6. The molecule has 0 aromatic carbocycles. The Kier molecular flexibility index (Phi) is 61.7. The first-order valence-electron chi connectivity index (χ1n) is 18.0. The first kappa shape index (κ1) is 47.3. The molecule has 0 aromatic rings. The van der Waals surface area contributed by atoms with Crippen LogP contribution in [0.2, 0.25) is 0 Å². The highest BCUT2D eigenvalue weighted by Gasteiger charge is 1.92. The molecule has 0 atom stereocenters. The standard InChI is InChI=1S/3C12H26O.Al/c3*1-3-5-7-9-11-13-12-10-8-6-4-2;/h3*3-12H2,1-2H3;. The SMILES string of the molecule is CCCCCCOCCCCCC.CCCCCCOCCCCCC.CCCCCCOCCCCCC.[Al]. The molecule has 0 aliphatic carbocycles. The van der Waals surface area contributed by atoms with E-state index in [1.165, 1.54) is 154 Å². The van der Waals surface area contributed by atoms with E-state index in [4.69, 9.17) is 14.2 Å². The topological polar surface area (TPSA) is 27.7 Å². The number of hydrogen-bond acceptors (Lipinski definition) is 3. The summed E-state index contributed by atoms with van der Waals surface area (Å²) in [6, 6.07) is 0. The Morgan fingerprint density at radius 1 is 0.225 bits per heavy atom. The lowest BCUT2D eigenvalue weighted by Gasteiger charge is -2.03. The smallest absolute Gasteiger partial charge is 0.0466 e. The highest BCUT2D eigenvalue weighted by molar-refractivity contribution is 5.75. The monoisotopic (exact) mass is 586 g/mol. The molecule has 0 saturated heterocycles. The van der Waals surface area contributed by atoms with Gasteiger partial charge in [-0.15, -0.1) is 0 Å². The van der Waals surface area contributed by atoms with Crippen LogP contribution in [0.4, 0.5) is 0 Å². The second-order valence-electron chi connectivity index (χ2n) is 11.2. The predicted molar refractivity (Wildman–Crippen MR) is 183 cm³/mol. The van der Waals surface area contributed by atoms with E-state index in [2.05, 4.69) is 41.5 Å². The van der Waals surface area contributed by atoms with Crippen molar-refractivity contribution in [3.8, 4) is 0 Å². The molecule has 0 aromatic heterocycles. The van der Waals surface area contributed by atoms with Crippen molar-refractivity contribution in [1.82, 2.24) is 0 Å². The van der Waals surface area contributed by atoms with E-state index in [0.29, 0.717) is 0 Å². The molecule has 0 N–H and O–H groups in total. The van der Waals surface area contributed by atoms with Gasteiger partial charge < -0.3 is 14.2 Å². The van der Waals surface area contributed by atoms with Crippen LogP contribution in [0.15, 0.2) is 0 Å². The van der Waals surface area contributed by atoms with Crippen molar-refractivity contribution in [2.75, 3.05) is 39.6 Å². The van der Waals surface area contributed by atoms with E-state index in [9.17, 15) is 0 Å². The van der Waals surface area contributed by atoms with Gasteiger partial charge in [0.2, 0.25) is 0 Å². The molecule has 0 unspecified atom stereocenters. The molecule has 243 valence electrons. The van der Waals surface area contributed by atoms with Crippen LogP contribution in [0.25, 0.3) is 0 Å². The molecule has 0 aliphatic heterocycles. The highest BCUT2D eigenvalue weighted by Crippen LogP contribution is 2.04. The summed E-state index contributed by atoms with van der Waals surface area (Å²) in [6.45, 7) is 19.3. The third-order valence-corrected chi connectivity index (χ3v) is 6.85. The molecule has 0 bridgehead atoms. The van der Waals surface area contributed by atoms with Gasteiger partial charge in [-0.05, 0) is 38.5 Å². The molecule has 0 aliphatic rings. The van der Waals surface area contributed by atoms with Crippen LogP contribution in [0.1, 0.15) is 196 Å². The molecular weight excluding hydrogens is 507 g/mol. The van der Waals surface area contributed by atoms with Crippen molar-refractivity contribution in [3.63, 3.8) is 0 Å². The van der Waals surface area contributed by atoms with Gasteiger partial charge in [-0.1, -0.05) is 157 Å². The van der Waals surface area contributed by atoms with Gasteiger partial charge in [0.1, 0.15) is 0 Å². The lowest BCUT2D eigenvalue weighted by atomic mass is 10.2. The minimum atomic E-state index is 0. The van der Waals surface area contributed by atoms with Gasteiger partial charge in [0.15, 0.2) is 0 Å². The van der Waals surface area contributed by atoms with Crippen molar-refractivity contribution >= 4 is 17.4 Å². The Morgan fingerprint density at radius 3 is 0.500 bits per heavy atom. The molecule has 0 heterocycles. The summed E-state index contributed by atoms with van der Waals surface area (Å²) in [5.74, 6) is 0. The fourth-order valence-corrected chi connectivity index (χ4v) is 4.09. The number of hydrogen-bond donors (Lipinski definition) is 0. The lowest BCUT2D eigenvalue weighted by molar-refractivity contribution is 0.126. The minimum absolute atomic E-state index is 0. The van der Waals surface area contributed by atoms with Crippen LogP contribution >= 0.6 is 0 Å². The number of ether oxygens (including phenoxy) is 3. The Morgan fingerprint density at radius 2 is 0.375 bits per heavy atom. The largest absolute Gasteiger partial charge is 0.381 e. The predicted octanol–water partition coefficient (Wildman–Crippen LogP) is 12.1. The van der Waals surface area contributed by atoms with Crippen LogP contribution < -0.4 is 0 Å². The third kappa shape index (κ3) is 58.1. The zero-order valence-electron chi connectivity index (χ0n) is 29.0. The second kappa shape index (κ2) is 52.1. The molecule has 4 heteroatoms. The Hall–Kier alpha value is 0.412.